The van der Waals surface area contributed by atoms with Gasteiger partial charge >= 0.3 is 5.97 Å². The summed E-state index contributed by atoms with van der Waals surface area (Å²) < 4.78 is 31.6. The van der Waals surface area contributed by atoms with E-state index >= 15 is 0 Å². The molecular weight excluding hydrogens is 344 g/mol. The number of esters is 1. The van der Waals surface area contributed by atoms with Crippen molar-refractivity contribution < 1.29 is 22.7 Å². The largest absolute Gasteiger partial charge is 0.465 e. The van der Waals surface area contributed by atoms with Crippen molar-refractivity contribution in [2.24, 2.45) is 0 Å². The Morgan fingerprint density at radius 3 is 2.28 bits per heavy atom. The van der Waals surface area contributed by atoms with E-state index in [1.165, 1.54) is 32.2 Å². The van der Waals surface area contributed by atoms with Crippen molar-refractivity contribution in [3.8, 4) is 0 Å². The van der Waals surface area contributed by atoms with Crippen molar-refractivity contribution in [3.05, 3.63) is 59.7 Å². The molecule has 0 aliphatic rings. The van der Waals surface area contributed by atoms with Crippen molar-refractivity contribution in [2.45, 2.75) is 12.7 Å². The van der Waals surface area contributed by atoms with E-state index in [0.29, 0.717) is 22.5 Å². The minimum Gasteiger partial charge on any atom is -0.465 e. The minimum absolute atomic E-state index is 0.245. The zero-order chi connectivity index (χ0) is 18.4. The van der Waals surface area contributed by atoms with Gasteiger partial charge in [0.15, 0.2) is 0 Å². The number of methoxy groups -OCH3 is 1. The Bertz CT molecular complexity index is 876. The van der Waals surface area contributed by atoms with Crippen LogP contribution in [0.25, 0.3) is 0 Å². The SMILES string of the molecule is COC(=O)c1ccc(CS(=O)(=O)Nc2cccc(NC(C)=O)c2)cc1. The summed E-state index contributed by atoms with van der Waals surface area (Å²) in [6, 6.07) is 12.5. The molecule has 8 heteroatoms. The van der Waals surface area contributed by atoms with Gasteiger partial charge < -0.3 is 10.1 Å². The Labute approximate surface area is 146 Å². The number of nitrogens with one attached hydrogen (secondary N) is 2. The Morgan fingerprint density at radius 2 is 1.68 bits per heavy atom. The zero-order valence-corrected chi connectivity index (χ0v) is 14.6. The van der Waals surface area contributed by atoms with E-state index in [2.05, 4.69) is 14.8 Å². The van der Waals surface area contributed by atoms with Gasteiger partial charge in [-0.05, 0) is 35.9 Å². The third kappa shape index (κ3) is 5.61. The van der Waals surface area contributed by atoms with Crippen molar-refractivity contribution in [3.63, 3.8) is 0 Å². The number of hydrogen-bond donors (Lipinski definition) is 2. The molecule has 0 fully saturated rings. The lowest BCUT2D eigenvalue weighted by molar-refractivity contribution is -0.114. The highest BCUT2D eigenvalue weighted by atomic mass is 32.2. The number of carbonyl (C=O) groups is 2. The number of benzene rings is 2. The van der Waals surface area contributed by atoms with Crippen LogP contribution in [-0.2, 0) is 25.3 Å². The summed E-state index contributed by atoms with van der Waals surface area (Å²) in [5.74, 6) is -0.980. The van der Waals surface area contributed by atoms with Crippen LogP contribution in [0.4, 0.5) is 11.4 Å². The molecule has 0 spiro atoms. The van der Waals surface area contributed by atoms with E-state index in [1.807, 2.05) is 0 Å². The number of sulfonamides is 1. The van der Waals surface area contributed by atoms with Crippen LogP contribution in [0.3, 0.4) is 0 Å². The summed E-state index contributed by atoms with van der Waals surface area (Å²) in [5, 5.41) is 2.59. The monoisotopic (exact) mass is 362 g/mol. The number of carbonyl (C=O) groups excluding carboxylic acids is 2. The first-order valence-electron chi connectivity index (χ1n) is 7.34. The molecule has 2 N–H and O–H groups in total. The second kappa shape index (κ2) is 7.80. The molecule has 2 aromatic rings. The molecule has 132 valence electrons. The average Bonchev–Trinajstić information content (AvgIpc) is 2.53. The lowest BCUT2D eigenvalue weighted by atomic mass is 10.1. The van der Waals surface area contributed by atoms with E-state index in [1.54, 1.807) is 30.3 Å². The standard InChI is InChI=1S/C17H18N2O5S/c1-12(20)18-15-4-3-5-16(10-15)19-25(22,23)11-13-6-8-14(9-7-13)17(21)24-2/h3-10,19H,11H2,1-2H3,(H,18,20). The number of anilines is 2. The molecule has 0 saturated carbocycles. The van der Waals surface area contributed by atoms with Gasteiger partial charge in [-0.2, -0.15) is 0 Å². The first-order valence-corrected chi connectivity index (χ1v) is 9.00. The van der Waals surface area contributed by atoms with Gasteiger partial charge in [0.2, 0.25) is 15.9 Å². The first-order chi connectivity index (χ1) is 11.8. The van der Waals surface area contributed by atoms with Crippen molar-refractivity contribution in [2.75, 3.05) is 17.1 Å². The molecule has 2 aromatic carbocycles. The molecular formula is C17H18N2O5S. The summed E-state index contributed by atoms with van der Waals surface area (Å²) in [6.07, 6.45) is 0. The van der Waals surface area contributed by atoms with Crippen molar-refractivity contribution in [1.29, 1.82) is 0 Å². The van der Waals surface area contributed by atoms with Gasteiger partial charge in [-0.25, -0.2) is 13.2 Å². The molecule has 0 unspecified atom stereocenters. The van der Waals surface area contributed by atoms with Crippen LogP contribution in [0.1, 0.15) is 22.8 Å². The predicted octanol–water partition coefficient (Wildman–Crippen LogP) is 2.37. The Hall–Kier alpha value is -2.87. The molecule has 2 rings (SSSR count). The molecule has 1 amide bonds. The maximum Gasteiger partial charge on any atom is 0.337 e. The van der Waals surface area contributed by atoms with E-state index in [0.717, 1.165) is 0 Å². The molecule has 0 aliphatic carbocycles. The van der Waals surface area contributed by atoms with Crippen LogP contribution < -0.4 is 10.0 Å². The predicted molar refractivity (Wildman–Crippen MR) is 94.8 cm³/mol. The topological polar surface area (TPSA) is 102 Å². The molecule has 7 nitrogen and oxygen atoms in total. The lowest BCUT2D eigenvalue weighted by Gasteiger charge is -2.10. The van der Waals surface area contributed by atoms with Gasteiger partial charge in [-0.3, -0.25) is 9.52 Å². The first kappa shape index (κ1) is 18.5. The normalized spacial score (nSPS) is 10.8. The van der Waals surface area contributed by atoms with Crippen LogP contribution in [0.5, 0.6) is 0 Å². The summed E-state index contributed by atoms with van der Waals surface area (Å²) in [5.41, 5.74) is 1.71. The van der Waals surface area contributed by atoms with E-state index in [-0.39, 0.29) is 11.7 Å². The van der Waals surface area contributed by atoms with Gasteiger partial charge in [0.1, 0.15) is 0 Å². The van der Waals surface area contributed by atoms with Gasteiger partial charge in [0.25, 0.3) is 0 Å². The Kier molecular flexibility index (Phi) is 5.76. The number of hydrogen-bond acceptors (Lipinski definition) is 5. The highest BCUT2D eigenvalue weighted by Crippen LogP contribution is 2.18. The zero-order valence-electron chi connectivity index (χ0n) is 13.8. The third-order valence-corrected chi connectivity index (χ3v) is 4.45. The lowest BCUT2D eigenvalue weighted by Crippen LogP contribution is -2.15. The van der Waals surface area contributed by atoms with Gasteiger partial charge in [0.05, 0.1) is 24.1 Å². The van der Waals surface area contributed by atoms with E-state index in [9.17, 15) is 18.0 Å². The molecule has 0 aliphatic heterocycles. The maximum absolute atomic E-state index is 12.3. The second-order valence-corrected chi connectivity index (χ2v) is 7.03. The fraction of sp³-hybridized carbons (Fsp3) is 0.176. The van der Waals surface area contributed by atoms with E-state index < -0.39 is 16.0 Å². The maximum atomic E-state index is 12.3. The average molecular weight is 362 g/mol. The minimum atomic E-state index is -3.65. The molecule has 0 bridgehead atoms. The third-order valence-electron chi connectivity index (χ3n) is 3.19. The molecule has 0 heterocycles. The number of amides is 1. The van der Waals surface area contributed by atoms with E-state index in [4.69, 9.17) is 0 Å². The molecule has 0 aromatic heterocycles. The molecule has 0 saturated heterocycles. The Morgan fingerprint density at radius 1 is 1.04 bits per heavy atom. The van der Waals surface area contributed by atoms with Gasteiger partial charge in [-0.1, -0.05) is 18.2 Å². The highest BCUT2D eigenvalue weighted by Gasteiger charge is 2.13. The van der Waals surface area contributed by atoms with Crippen molar-refractivity contribution >= 4 is 33.3 Å². The van der Waals surface area contributed by atoms with Gasteiger partial charge in [-0.15, -0.1) is 0 Å². The summed E-state index contributed by atoms with van der Waals surface area (Å²) in [6.45, 7) is 1.37. The fourth-order valence-electron chi connectivity index (χ4n) is 2.15. The summed E-state index contributed by atoms with van der Waals surface area (Å²) >= 11 is 0. The smallest absolute Gasteiger partial charge is 0.337 e. The quantitative estimate of drug-likeness (QED) is 0.768. The number of rotatable bonds is 6. The number of ether oxygens (including phenoxy) is 1. The summed E-state index contributed by atoms with van der Waals surface area (Å²) in [7, 11) is -2.37. The van der Waals surface area contributed by atoms with Crippen LogP contribution in [0.2, 0.25) is 0 Å². The van der Waals surface area contributed by atoms with Crippen LogP contribution >= 0.6 is 0 Å². The molecule has 0 radical (unpaired) electrons. The van der Waals surface area contributed by atoms with Crippen LogP contribution in [0.15, 0.2) is 48.5 Å². The summed E-state index contributed by atoms with van der Waals surface area (Å²) in [4.78, 5) is 22.4. The fourth-order valence-corrected chi connectivity index (χ4v) is 3.34. The Balaban J connectivity index is 2.09. The van der Waals surface area contributed by atoms with Crippen molar-refractivity contribution in [1.82, 2.24) is 0 Å². The van der Waals surface area contributed by atoms with Gasteiger partial charge in [0, 0.05) is 12.6 Å². The molecule has 0 atom stereocenters. The second-order valence-electron chi connectivity index (χ2n) is 5.31. The van der Waals surface area contributed by atoms with Crippen LogP contribution in [-0.4, -0.2) is 27.4 Å². The van der Waals surface area contributed by atoms with Crippen LogP contribution in [0, 0.1) is 0 Å². The molecule has 25 heavy (non-hydrogen) atoms. The highest BCUT2D eigenvalue weighted by molar-refractivity contribution is 7.91.